The predicted molar refractivity (Wildman–Crippen MR) is 201 cm³/mol. The van der Waals surface area contributed by atoms with Gasteiger partial charge in [-0.1, -0.05) is 19.9 Å². The Labute approximate surface area is 317 Å². The highest BCUT2D eigenvalue weighted by atomic mass is 32.1. The molecule has 6 heterocycles. The largest absolute Gasteiger partial charge is 0.464 e. The monoisotopic (exact) mass is 763 g/mol. The number of aromatic nitrogens is 3. The first kappa shape index (κ1) is 37.8. The van der Waals surface area contributed by atoms with Crippen LogP contribution in [0.2, 0.25) is 0 Å². The SMILES string of the molecule is CCn1c(-c2cccnc2[C@H](C)OC)c2c3cc(ccc31)-c1csc(n1)C[C@H](NC(=O)N1CC[C@@H]1C(F)F)C(=O)N1CCC[C@H](N1)C(=O)OCC(C)(C)C2. The third kappa shape index (κ3) is 7.32. The highest BCUT2D eigenvalue weighted by molar-refractivity contribution is 7.10. The lowest BCUT2D eigenvalue weighted by molar-refractivity contribution is -0.155. The van der Waals surface area contributed by atoms with Crippen molar-refractivity contribution >= 4 is 40.1 Å². The van der Waals surface area contributed by atoms with Gasteiger partial charge in [0.15, 0.2) is 0 Å². The smallest absolute Gasteiger partial charge is 0.324 e. The molecule has 2 N–H and O–H groups in total. The van der Waals surface area contributed by atoms with E-state index in [-0.39, 0.29) is 32.1 Å². The summed E-state index contributed by atoms with van der Waals surface area (Å²) in [5, 5.41) is 7.62. The minimum atomic E-state index is -2.68. The van der Waals surface area contributed by atoms with E-state index >= 15 is 0 Å². The van der Waals surface area contributed by atoms with E-state index in [1.54, 1.807) is 13.3 Å². The summed E-state index contributed by atoms with van der Waals surface area (Å²) in [6.07, 6.45) is 0.625. The van der Waals surface area contributed by atoms with Crippen molar-refractivity contribution in [3.8, 4) is 22.5 Å². The molecule has 0 unspecified atom stereocenters. The van der Waals surface area contributed by atoms with Crippen molar-refractivity contribution in [1.82, 2.24) is 35.2 Å². The second-order valence-electron chi connectivity index (χ2n) is 15.1. The van der Waals surface area contributed by atoms with Crippen LogP contribution in [0, 0.1) is 5.41 Å². The van der Waals surface area contributed by atoms with E-state index in [0.717, 1.165) is 43.9 Å². The van der Waals surface area contributed by atoms with E-state index in [9.17, 15) is 23.2 Å². The number of hydrogen-bond acceptors (Lipinski definition) is 9. The van der Waals surface area contributed by atoms with Crippen molar-refractivity contribution in [2.45, 2.75) is 97.0 Å². The number of ether oxygens (including phenoxy) is 2. The molecule has 3 aliphatic heterocycles. The van der Waals surface area contributed by atoms with Crippen LogP contribution in [0.15, 0.2) is 41.9 Å². The van der Waals surface area contributed by atoms with Crippen LogP contribution in [0.1, 0.15) is 69.3 Å². The van der Waals surface area contributed by atoms with E-state index in [1.165, 1.54) is 16.3 Å². The third-order valence-electron chi connectivity index (χ3n) is 10.8. The molecule has 7 rings (SSSR count). The second kappa shape index (κ2) is 15.3. The van der Waals surface area contributed by atoms with Gasteiger partial charge in [0.05, 0.1) is 40.8 Å². The number of thiazole rings is 1. The lowest BCUT2D eigenvalue weighted by atomic mass is 9.84. The van der Waals surface area contributed by atoms with Gasteiger partial charge in [0.1, 0.15) is 12.1 Å². The number of esters is 1. The Kier molecular flexibility index (Phi) is 10.7. The van der Waals surface area contributed by atoms with Crippen molar-refractivity contribution in [3.63, 3.8) is 0 Å². The Balaban J connectivity index is 1.33. The van der Waals surface area contributed by atoms with Gasteiger partial charge in [0.25, 0.3) is 12.3 Å². The molecule has 0 spiro atoms. The lowest BCUT2D eigenvalue weighted by Crippen LogP contribution is -2.63. The average molecular weight is 764 g/mol. The summed E-state index contributed by atoms with van der Waals surface area (Å²) < 4.78 is 41.2. The molecule has 15 heteroatoms. The second-order valence-corrected chi connectivity index (χ2v) is 16.0. The van der Waals surface area contributed by atoms with Gasteiger partial charge in [-0.05, 0) is 69.4 Å². The number of amides is 3. The highest BCUT2D eigenvalue weighted by Gasteiger charge is 2.41. The minimum absolute atomic E-state index is 0.0369. The number of nitrogens with one attached hydrogen (secondary N) is 2. The molecule has 54 heavy (non-hydrogen) atoms. The van der Waals surface area contributed by atoms with Crippen molar-refractivity contribution in [2.24, 2.45) is 5.41 Å². The Morgan fingerprint density at radius 3 is 2.74 bits per heavy atom. The zero-order chi connectivity index (χ0) is 38.3. The van der Waals surface area contributed by atoms with Crippen LogP contribution < -0.4 is 10.7 Å². The number of methoxy groups -OCH3 is 1. The number of halogens is 2. The first-order valence-corrected chi connectivity index (χ1v) is 19.4. The molecule has 0 saturated carbocycles. The fraction of sp³-hybridized carbons (Fsp3) is 0.513. The number of urea groups is 1. The molecule has 3 aromatic heterocycles. The molecule has 2 fully saturated rings. The van der Waals surface area contributed by atoms with Gasteiger partial charge < -0.3 is 24.3 Å². The van der Waals surface area contributed by atoms with Gasteiger partial charge in [-0.2, -0.15) is 0 Å². The van der Waals surface area contributed by atoms with Gasteiger partial charge in [-0.15, -0.1) is 11.3 Å². The molecule has 0 aliphatic carbocycles. The molecule has 4 atom stereocenters. The normalized spacial score (nSPS) is 22.5. The quantitative estimate of drug-likeness (QED) is 0.224. The molecule has 6 bridgehead atoms. The maximum Gasteiger partial charge on any atom is 0.324 e. The number of hydrazine groups is 1. The minimum Gasteiger partial charge on any atom is -0.464 e. The summed E-state index contributed by atoms with van der Waals surface area (Å²) >= 11 is 1.36. The number of nitrogens with zero attached hydrogens (tertiary/aromatic N) is 5. The van der Waals surface area contributed by atoms with Crippen LogP contribution in [0.4, 0.5) is 13.6 Å². The maximum absolute atomic E-state index is 14.1. The third-order valence-corrected chi connectivity index (χ3v) is 11.6. The number of alkyl halides is 2. The fourth-order valence-corrected chi connectivity index (χ4v) is 8.57. The zero-order valence-electron chi connectivity index (χ0n) is 31.2. The number of carbonyl (C=O) groups excluding carboxylic acids is 3. The number of likely N-dealkylation sites (tertiary alicyclic amines) is 1. The molecular formula is C39H47F2N7O5S. The van der Waals surface area contributed by atoms with E-state index < -0.39 is 47.9 Å². The summed E-state index contributed by atoms with van der Waals surface area (Å²) in [7, 11) is 1.67. The van der Waals surface area contributed by atoms with Crippen molar-refractivity contribution in [2.75, 3.05) is 26.8 Å². The summed E-state index contributed by atoms with van der Waals surface area (Å²) in [6.45, 7) is 9.53. The number of aryl methyl sites for hydroxylation is 1. The number of hydrogen-bond donors (Lipinski definition) is 2. The van der Waals surface area contributed by atoms with Crippen LogP contribution in [0.5, 0.6) is 0 Å². The molecule has 1 aromatic carbocycles. The molecule has 0 radical (unpaired) electrons. The maximum atomic E-state index is 14.1. The summed E-state index contributed by atoms with van der Waals surface area (Å²) in [5.41, 5.74) is 9.08. The predicted octanol–water partition coefficient (Wildman–Crippen LogP) is 6.14. The van der Waals surface area contributed by atoms with E-state index in [2.05, 4.69) is 54.3 Å². The van der Waals surface area contributed by atoms with E-state index in [4.69, 9.17) is 19.4 Å². The van der Waals surface area contributed by atoms with E-state index in [0.29, 0.717) is 43.1 Å². The Bertz CT molecular complexity index is 2050. The summed E-state index contributed by atoms with van der Waals surface area (Å²) in [5.74, 6) is -0.959. The molecule has 4 aromatic rings. The van der Waals surface area contributed by atoms with Crippen LogP contribution in [-0.2, 0) is 38.4 Å². The number of cyclic esters (lactones) is 1. The van der Waals surface area contributed by atoms with Crippen LogP contribution >= 0.6 is 11.3 Å². The summed E-state index contributed by atoms with van der Waals surface area (Å²) in [6, 6.07) is 6.45. The number of carbonyl (C=O) groups is 3. The van der Waals surface area contributed by atoms with Crippen LogP contribution in [0.25, 0.3) is 33.4 Å². The molecule has 12 nitrogen and oxygen atoms in total. The lowest BCUT2D eigenvalue weighted by Gasteiger charge is -2.41. The van der Waals surface area contributed by atoms with Crippen LogP contribution in [-0.4, -0.2) is 93.7 Å². The number of rotatable bonds is 6. The standard InChI is InChI=1S/C39H47F2N7O5S/c1-6-46-30-12-11-23-17-25(30)26(34(46)24-9-7-14-42-33(24)22(2)52-5)19-39(3,4)21-53-37(50)27-10-8-15-48(45-27)36(49)28(18-32-43-29(23)20-54-32)44-38(51)47-16-13-31(47)35(40)41/h7,9,11-12,14,17,20,22,27-28,31,35,45H,6,8,10,13,15-16,18-19,21H2,1-5H3,(H,44,51)/t22-,27-,28-,31+/m0/s1. The first-order valence-electron chi connectivity index (χ1n) is 18.6. The molecule has 3 amide bonds. The molecule has 3 aliphatic rings. The average Bonchev–Trinajstić information content (AvgIpc) is 3.73. The fourth-order valence-electron chi connectivity index (χ4n) is 7.72. The topological polar surface area (TPSA) is 131 Å². The van der Waals surface area contributed by atoms with Gasteiger partial charge in [-0.3, -0.25) is 19.6 Å². The molecule has 288 valence electrons. The Morgan fingerprint density at radius 1 is 1.20 bits per heavy atom. The number of pyridine rings is 1. The summed E-state index contributed by atoms with van der Waals surface area (Å²) in [4.78, 5) is 51.7. The van der Waals surface area contributed by atoms with Crippen LogP contribution in [0.3, 0.4) is 0 Å². The van der Waals surface area contributed by atoms with Gasteiger partial charge in [0, 0.05) is 72.2 Å². The van der Waals surface area contributed by atoms with Gasteiger partial charge >= 0.3 is 12.0 Å². The number of benzene rings is 1. The Hall–Kier alpha value is -4.47. The first-order chi connectivity index (χ1) is 25.9. The zero-order valence-corrected chi connectivity index (χ0v) is 32.1. The van der Waals surface area contributed by atoms with Crippen molar-refractivity contribution < 1.29 is 32.6 Å². The highest BCUT2D eigenvalue weighted by Crippen LogP contribution is 2.42. The van der Waals surface area contributed by atoms with Gasteiger partial charge in [-0.25, -0.2) is 24.0 Å². The van der Waals surface area contributed by atoms with Gasteiger partial charge in [0.2, 0.25) is 0 Å². The van der Waals surface area contributed by atoms with Crippen molar-refractivity contribution in [3.05, 3.63) is 58.2 Å². The Morgan fingerprint density at radius 2 is 2.02 bits per heavy atom. The van der Waals surface area contributed by atoms with Crippen molar-refractivity contribution in [1.29, 1.82) is 0 Å². The van der Waals surface area contributed by atoms with E-state index in [1.807, 2.05) is 24.4 Å². The molecular weight excluding hydrogens is 717 g/mol. The molecule has 2 saturated heterocycles. The number of fused-ring (bicyclic) bond motifs is 6.